The normalized spacial score (nSPS) is 9.56. The molecule has 56 valence electrons. The molecule has 0 atom stereocenters. The molecular weight excluding hydrogens is 135 g/mol. The Labute approximate surface area is 57.7 Å². The van der Waals surface area contributed by atoms with E-state index in [0.29, 0.717) is 5.41 Å². The van der Waals surface area contributed by atoms with Crippen LogP contribution in [-0.4, -0.2) is 0 Å². The minimum absolute atomic E-state index is 0.500. The van der Waals surface area contributed by atoms with Crippen molar-refractivity contribution in [2.45, 2.75) is 27.7 Å². The first-order valence-electron chi connectivity index (χ1n) is 2.70. The largest absolute Gasteiger partial charge is 0.526 e. The van der Waals surface area contributed by atoms with Gasteiger partial charge in [0.05, 0.1) is 0 Å². The Balaban J connectivity index is 0. The quantitative estimate of drug-likeness (QED) is 0.517. The molecule has 0 radical (unpaired) electrons. The third-order valence-electron chi connectivity index (χ3n) is 0. The van der Waals surface area contributed by atoms with Crippen molar-refractivity contribution in [3.05, 3.63) is 0 Å². The lowest BCUT2D eigenvalue weighted by Crippen LogP contribution is -1.93. The zero-order valence-corrected chi connectivity index (χ0v) is 7.40. The Morgan fingerprint density at radius 1 is 1.11 bits per heavy atom. The highest BCUT2D eigenvalue weighted by atomic mass is 31.1. The molecule has 0 aliphatic rings. The highest BCUT2D eigenvalue weighted by Gasteiger charge is 1.95. The summed E-state index contributed by atoms with van der Waals surface area (Å²) in [6.45, 7) is 8.75. The third kappa shape index (κ3) is 727000. The lowest BCUT2D eigenvalue weighted by molar-refractivity contribution is 0.469. The van der Waals surface area contributed by atoms with Gasteiger partial charge in [-0.1, -0.05) is 27.7 Å². The van der Waals surface area contributed by atoms with E-state index < -0.39 is 8.10 Å². The summed E-state index contributed by atoms with van der Waals surface area (Å²) in [5.74, 6) is 0. The molecule has 0 unspecified atom stereocenters. The zero-order chi connectivity index (χ0) is 8.08. The Bertz CT molecular complexity index is 77.4. The minimum Gasteiger partial charge on any atom is -0.104 e. The maximum Gasteiger partial charge on any atom is 0.526 e. The molecule has 3 nitrogen and oxygen atoms in total. The molecule has 0 aromatic heterocycles. The van der Waals surface area contributed by atoms with E-state index in [0.717, 1.165) is 0 Å². The standard InChI is InChI=1S/C5H12.H4N2OP/c1-5(2,3)4;1-4(2)3/h1-4H3;(H4,1,2,3)/q;+1. The van der Waals surface area contributed by atoms with Crippen molar-refractivity contribution in [3.8, 4) is 0 Å². The molecule has 0 saturated heterocycles. The van der Waals surface area contributed by atoms with E-state index in [4.69, 9.17) is 4.57 Å². The molecule has 0 spiro atoms. The van der Waals surface area contributed by atoms with Crippen molar-refractivity contribution in [1.29, 1.82) is 0 Å². The minimum atomic E-state index is -1.87. The zero-order valence-electron chi connectivity index (χ0n) is 6.51. The van der Waals surface area contributed by atoms with Crippen molar-refractivity contribution in [2.75, 3.05) is 0 Å². The number of nitrogens with two attached hydrogens (primary N) is 2. The molecule has 0 aromatic carbocycles. The second-order valence-electron chi connectivity index (χ2n) is 3.36. The first kappa shape index (κ1) is 11.8. The van der Waals surface area contributed by atoms with Gasteiger partial charge in [0.2, 0.25) is 0 Å². The average Bonchev–Trinajstić information content (AvgIpc) is 1.19. The van der Waals surface area contributed by atoms with Crippen molar-refractivity contribution < 1.29 is 4.57 Å². The van der Waals surface area contributed by atoms with Crippen LogP contribution in [0.25, 0.3) is 0 Å². The van der Waals surface area contributed by atoms with E-state index in [1.807, 2.05) is 0 Å². The summed E-state index contributed by atoms with van der Waals surface area (Å²) < 4.78 is 9.15. The third-order valence-corrected chi connectivity index (χ3v) is 0. The summed E-state index contributed by atoms with van der Waals surface area (Å²) in [4.78, 5) is 0. The summed E-state index contributed by atoms with van der Waals surface area (Å²) in [7, 11) is -1.87. The monoisotopic (exact) mass is 151 g/mol. The molecule has 0 aromatic rings. The van der Waals surface area contributed by atoms with Gasteiger partial charge in [-0.25, -0.2) is 0 Å². The SMILES string of the molecule is CC(C)(C)C.N[P+](N)=O. The van der Waals surface area contributed by atoms with E-state index in [1.54, 1.807) is 0 Å². The lowest BCUT2D eigenvalue weighted by Gasteiger charge is -2.05. The van der Waals surface area contributed by atoms with E-state index in [9.17, 15) is 0 Å². The first-order valence-corrected chi connectivity index (χ1v) is 4.10. The predicted octanol–water partition coefficient (Wildman–Crippen LogP) is 1.61. The van der Waals surface area contributed by atoms with Gasteiger partial charge in [0.15, 0.2) is 0 Å². The fourth-order valence-corrected chi connectivity index (χ4v) is 0. The van der Waals surface area contributed by atoms with Gasteiger partial charge in [-0.3, -0.25) is 0 Å². The van der Waals surface area contributed by atoms with Gasteiger partial charge in [-0.2, -0.15) is 0 Å². The average molecular weight is 151 g/mol. The smallest absolute Gasteiger partial charge is 0.104 e. The van der Waals surface area contributed by atoms with Crippen molar-refractivity contribution >= 4 is 8.10 Å². The predicted molar refractivity (Wildman–Crippen MR) is 41.1 cm³/mol. The number of hydrogen-bond acceptors (Lipinski definition) is 1. The van der Waals surface area contributed by atoms with Crippen molar-refractivity contribution in [2.24, 2.45) is 16.4 Å². The topological polar surface area (TPSA) is 69.1 Å². The highest BCUT2D eigenvalue weighted by molar-refractivity contribution is 7.39. The van der Waals surface area contributed by atoms with Crippen LogP contribution in [0, 0.1) is 5.41 Å². The summed E-state index contributed by atoms with van der Waals surface area (Å²) in [6, 6.07) is 0. The van der Waals surface area contributed by atoms with Crippen LogP contribution < -0.4 is 11.0 Å². The lowest BCUT2D eigenvalue weighted by atomic mass is 10.0. The van der Waals surface area contributed by atoms with E-state index in [1.165, 1.54) is 0 Å². The van der Waals surface area contributed by atoms with Gasteiger partial charge < -0.3 is 0 Å². The molecule has 4 heteroatoms. The van der Waals surface area contributed by atoms with Gasteiger partial charge >= 0.3 is 8.10 Å². The van der Waals surface area contributed by atoms with Crippen LogP contribution in [0.2, 0.25) is 0 Å². The molecule has 0 amide bonds. The van der Waals surface area contributed by atoms with Gasteiger partial charge in [-0.15, -0.1) is 11.0 Å². The van der Waals surface area contributed by atoms with Crippen LogP contribution in [0.4, 0.5) is 0 Å². The fraction of sp³-hybridized carbons (Fsp3) is 1.00. The Morgan fingerprint density at radius 3 is 1.11 bits per heavy atom. The first-order chi connectivity index (χ1) is 3.73. The molecule has 4 N–H and O–H groups in total. The molecule has 0 heterocycles. The molecular formula is C5H16N2OP+. The summed E-state index contributed by atoms with van der Waals surface area (Å²) >= 11 is 0. The second kappa shape index (κ2) is 4.86. The van der Waals surface area contributed by atoms with Crippen LogP contribution in [0.15, 0.2) is 0 Å². The molecule has 0 bridgehead atoms. The van der Waals surface area contributed by atoms with Gasteiger partial charge in [-0.05, 0) is 9.98 Å². The Morgan fingerprint density at radius 2 is 1.11 bits per heavy atom. The second-order valence-corrected chi connectivity index (χ2v) is 4.08. The molecule has 0 rings (SSSR count). The molecule has 0 saturated carbocycles. The van der Waals surface area contributed by atoms with Gasteiger partial charge in [0.1, 0.15) is 0 Å². The summed E-state index contributed by atoms with van der Waals surface area (Å²) in [6.07, 6.45) is 0. The highest BCUT2D eigenvalue weighted by Crippen LogP contribution is 2.07. The Kier molecular flexibility index (Phi) is 6.35. The number of hydrogen-bond donors (Lipinski definition) is 2. The van der Waals surface area contributed by atoms with Crippen LogP contribution in [0.1, 0.15) is 27.7 Å². The maximum absolute atomic E-state index is 9.15. The van der Waals surface area contributed by atoms with E-state index in [-0.39, 0.29) is 0 Å². The van der Waals surface area contributed by atoms with Crippen molar-refractivity contribution in [3.63, 3.8) is 0 Å². The molecule has 0 aliphatic carbocycles. The van der Waals surface area contributed by atoms with Gasteiger partial charge in [0, 0.05) is 0 Å². The Hall–Kier alpha value is 0.0200. The molecule has 0 aliphatic heterocycles. The van der Waals surface area contributed by atoms with Crippen molar-refractivity contribution in [1.82, 2.24) is 0 Å². The summed E-state index contributed by atoms with van der Waals surface area (Å²) in [5.41, 5.74) is 9.30. The van der Waals surface area contributed by atoms with Gasteiger partial charge in [0.25, 0.3) is 0 Å². The maximum atomic E-state index is 9.15. The van der Waals surface area contributed by atoms with E-state index in [2.05, 4.69) is 38.7 Å². The van der Waals surface area contributed by atoms with Crippen LogP contribution in [0.5, 0.6) is 0 Å². The van der Waals surface area contributed by atoms with Crippen LogP contribution in [0.3, 0.4) is 0 Å². The fourth-order valence-electron chi connectivity index (χ4n) is 0. The molecule has 0 fully saturated rings. The van der Waals surface area contributed by atoms with Crippen LogP contribution in [-0.2, 0) is 4.57 Å². The summed E-state index contributed by atoms with van der Waals surface area (Å²) in [5, 5.41) is 0. The molecule has 9 heavy (non-hydrogen) atoms. The number of rotatable bonds is 0. The van der Waals surface area contributed by atoms with Crippen LogP contribution >= 0.6 is 8.10 Å². The van der Waals surface area contributed by atoms with E-state index >= 15 is 0 Å².